The number of carboxylic acid groups (broad SMARTS) is 1. The number of Topliss-reactive ketones (excluding diaryl/α,β-unsaturated/α-hetero) is 1. The van der Waals surface area contributed by atoms with Crippen molar-refractivity contribution in [3.63, 3.8) is 0 Å². The van der Waals surface area contributed by atoms with E-state index in [2.05, 4.69) is 18.2 Å². The van der Waals surface area contributed by atoms with Crippen molar-refractivity contribution in [1.29, 1.82) is 0 Å². The molecule has 1 atom stereocenters. The summed E-state index contributed by atoms with van der Waals surface area (Å²) in [5.41, 5.74) is 4.51. The number of ketones is 1. The van der Waals surface area contributed by atoms with Gasteiger partial charge < -0.3 is 9.84 Å². The predicted molar refractivity (Wildman–Crippen MR) is 104 cm³/mol. The van der Waals surface area contributed by atoms with E-state index in [1.165, 1.54) is 5.56 Å². The van der Waals surface area contributed by atoms with Crippen LogP contribution in [0.5, 0.6) is 5.75 Å². The van der Waals surface area contributed by atoms with Crippen molar-refractivity contribution in [1.82, 2.24) is 0 Å². The van der Waals surface area contributed by atoms with E-state index in [0.29, 0.717) is 12.8 Å². The third kappa shape index (κ3) is 5.43. The van der Waals surface area contributed by atoms with Crippen molar-refractivity contribution < 1.29 is 19.4 Å². The molecular weight excluding hydrogens is 340 g/mol. The molecule has 1 N–H and O–H groups in total. The Morgan fingerprint density at radius 2 is 1.85 bits per heavy atom. The van der Waals surface area contributed by atoms with E-state index in [9.17, 15) is 14.7 Å². The van der Waals surface area contributed by atoms with E-state index in [-0.39, 0.29) is 12.2 Å². The molecule has 0 aromatic heterocycles. The summed E-state index contributed by atoms with van der Waals surface area (Å²) in [6.45, 7) is 2.74. The second kappa shape index (κ2) is 8.85. The van der Waals surface area contributed by atoms with Gasteiger partial charge in [-0.2, -0.15) is 0 Å². The van der Waals surface area contributed by atoms with Gasteiger partial charge in [0.1, 0.15) is 11.5 Å². The molecule has 0 saturated heterocycles. The molecule has 1 aliphatic rings. The van der Waals surface area contributed by atoms with Crippen LogP contribution in [0.2, 0.25) is 0 Å². The largest absolute Gasteiger partial charge is 0.493 e. The summed E-state index contributed by atoms with van der Waals surface area (Å²) in [6.07, 6.45) is 3.40. The molecule has 4 heteroatoms. The van der Waals surface area contributed by atoms with Gasteiger partial charge in [0.25, 0.3) is 0 Å². The van der Waals surface area contributed by atoms with Gasteiger partial charge in [0.15, 0.2) is 0 Å². The SMILES string of the molecule is Cc1ccc(CC(CC(=O)CCCc2ccc3c(c2)OCC3)C(=O)O)cc1. The van der Waals surface area contributed by atoms with Crippen LogP contribution in [0.3, 0.4) is 0 Å². The molecule has 0 fully saturated rings. The van der Waals surface area contributed by atoms with Gasteiger partial charge in [0.2, 0.25) is 0 Å². The number of aryl methyl sites for hydroxylation is 2. The molecule has 0 saturated carbocycles. The molecule has 27 heavy (non-hydrogen) atoms. The summed E-state index contributed by atoms with van der Waals surface area (Å²) in [5.74, 6) is -0.580. The smallest absolute Gasteiger partial charge is 0.307 e. The van der Waals surface area contributed by atoms with Crippen LogP contribution in [0, 0.1) is 12.8 Å². The predicted octanol–water partition coefficient (Wildman–Crippen LogP) is 4.16. The van der Waals surface area contributed by atoms with Crippen molar-refractivity contribution in [2.24, 2.45) is 5.92 Å². The molecule has 3 rings (SSSR count). The number of carbonyl (C=O) groups excluding carboxylic acids is 1. The van der Waals surface area contributed by atoms with Crippen LogP contribution < -0.4 is 4.74 Å². The van der Waals surface area contributed by atoms with Crippen LogP contribution in [-0.2, 0) is 28.9 Å². The summed E-state index contributed by atoms with van der Waals surface area (Å²) in [5, 5.41) is 9.46. The Balaban J connectivity index is 1.47. The number of hydrogen-bond acceptors (Lipinski definition) is 3. The van der Waals surface area contributed by atoms with Gasteiger partial charge in [-0.15, -0.1) is 0 Å². The van der Waals surface area contributed by atoms with Crippen molar-refractivity contribution in [2.75, 3.05) is 6.61 Å². The van der Waals surface area contributed by atoms with Crippen LogP contribution in [0.1, 0.15) is 41.5 Å². The molecule has 1 unspecified atom stereocenters. The Morgan fingerprint density at radius 3 is 2.59 bits per heavy atom. The highest BCUT2D eigenvalue weighted by Gasteiger charge is 2.21. The van der Waals surface area contributed by atoms with Crippen molar-refractivity contribution in [2.45, 2.75) is 45.4 Å². The number of benzene rings is 2. The summed E-state index contributed by atoms with van der Waals surface area (Å²) in [4.78, 5) is 23.8. The molecule has 1 aliphatic heterocycles. The lowest BCUT2D eigenvalue weighted by Gasteiger charge is -2.12. The molecule has 0 amide bonds. The number of ether oxygens (including phenoxy) is 1. The lowest BCUT2D eigenvalue weighted by atomic mass is 9.92. The highest BCUT2D eigenvalue weighted by atomic mass is 16.5. The van der Waals surface area contributed by atoms with Crippen molar-refractivity contribution in [3.8, 4) is 5.75 Å². The Hall–Kier alpha value is -2.62. The highest BCUT2D eigenvalue weighted by Crippen LogP contribution is 2.26. The molecule has 0 spiro atoms. The normalized spacial score (nSPS) is 13.7. The molecular formula is C23H26O4. The zero-order valence-electron chi connectivity index (χ0n) is 15.7. The lowest BCUT2D eigenvalue weighted by molar-refractivity contribution is -0.143. The quantitative estimate of drug-likeness (QED) is 0.724. The fourth-order valence-corrected chi connectivity index (χ4v) is 3.49. The second-order valence-corrected chi connectivity index (χ2v) is 7.36. The highest BCUT2D eigenvalue weighted by molar-refractivity contribution is 5.84. The molecule has 1 heterocycles. The standard InChI is InChI=1S/C23H26O4/c1-16-5-7-18(8-6-16)13-20(23(25)26)15-21(24)4-2-3-17-9-10-19-11-12-27-22(19)14-17/h5-10,14,20H,2-4,11-13,15H2,1H3,(H,25,26). The summed E-state index contributed by atoms with van der Waals surface area (Å²) < 4.78 is 5.58. The van der Waals surface area contributed by atoms with Gasteiger partial charge >= 0.3 is 5.97 Å². The van der Waals surface area contributed by atoms with Gasteiger partial charge in [-0.3, -0.25) is 9.59 Å². The van der Waals surface area contributed by atoms with Gasteiger partial charge in [0, 0.05) is 19.3 Å². The van der Waals surface area contributed by atoms with Crippen LogP contribution in [-0.4, -0.2) is 23.5 Å². The maximum Gasteiger partial charge on any atom is 0.307 e. The maximum atomic E-state index is 12.3. The number of fused-ring (bicyclic) bond motifs is 1. The van der Waals surface area contributed by atoms with E-state index < -0.39 is 11.9 Å². The first-order valence-electron chi connectivity index (χ1n) is 9.56. The van der Waals surface area contributed by atoms with Crippen LogP contribution in [0.15, 0.2) is 42.5 Å². The Morgan fingerprint density at radius 1 is 1.11 bits per heavy atom. The first-order chi connectivity index (χ1) is 13.0. The first kappa shape index (κ1) is 19.2. The third-order valence-corrected chi connectivity index (χ3v) is 5.11. The maximum absolute atomic E-state index is 12.3. The van der Waals surface area contributed by atoms with Crippen molar-refractivity contribution in [3.05, 3.63) is 64.7 Å². The molecule has 2 aromatic rings. The molecule has 4 nitrogen and oxygen atoms in total. The summed E-state index contributed by atoms with van der Waals surface area (Å²) in [6, 6.07) is 14.1. The minimum absolute atomic E-state index is 0.0203. The van der Waals surface area contributed by atoms with E-state index in [1.54, 1.807) is 0 Å². The monoisotopic (exact) mass is 366 g/mol. The first-order valence-corrected chi connectivity index (χ1v) is 9.56. The minimum Gasteiger partial charge on any atom is -0.493 e. The van der Waals surface area contributed by atoms with E-state index in [4.69, 9.17) is 4.74 Å². The van der Waals surface area contributed by atoms with E-state index in [1.807, 2.05) is 31.2 Å². The molecule has 2 aromatic carbocycles. The molecule has 0 radical (unpaired) electrons. The average molecular weight is 366 g/mol. The van der Waals surface area contributed by atoms with Gasteiger partial charge in [-0.1, -0.05) is 42.0 Å². The second-order valence-electron chi connectivity index (χ2n) is 7.36. The number of carbonyl (C=O) groups is 2. The number of carboxylic acids is 1. The number of hydrogen-bond donors (Lipinski definition) is 1. The third-order valence-electron chi connectivity index (χ3n) is 5.11. The van der Waals surface area contributed by atoms with Crippen LogP contribution in [0.25, 0.3) is 0 Å². The Labute approximate surface area is 160 Å². The van der Waals surface area contributed by atoms with Gasteiger partial charge in [-0.05, 0) is 48.9 Å². The van der Waals surface area contributed by atoms with Crippen LogP contribution in [0.4, 0.5) is 0 Å². The average Bonchev–Trinajstić information content (AvgIpc) is 3.10. The zero-order chi connectivity index (χ0) is 19.2. The fraction of sp³-hybridized carbons (Fsp3) is 0.391. The van der Waals surface area contributed by atoms with E-state index in [0.717, 1.165) is 48.3 Å². The summed E-state index contributed by atoms with van der Waals surface area (Å²) >= 11 is 0. The molecule has 142 valence electrons. The minimum atomic E-state index is -0.903. The van der Waals surface area contributed by atoms with Crippen molar-refractivity contribution >= 4 is 11.8 Å². The fourth-order valence-electron chi connectivity index (χ4n) is 3.49. The summed E-state index contributed by atoms with van der Waals surface area (Å²) in [7, 11) is 0. The Kier molecular flexibility index (Phi) is 6.28. The molecule has 0 bridgehead atoms. The lowest BCUT2D eigenvalue weighted by Crippen LogP contribution is -2.20. The van der Waals surface area contributed by atoms with Gasteiger partial charge in [0.05, 0.1) is 12.5 Å². The van der Waals surface area contributed by atoms with E-state index >= 15 is 0 Å². The number of rotatable bonds is 9. The topological polar surface area (TPSA) is 63.6 Å². The molecule has 0 aliphatic carbocycles. The van der Waals surface area contributed by atoms with Crippen LogP contribution >= 0.6 is 0 Å². The number of aliphatic carboxylic acids is 1. The Bertz CT molecular complexity index is 808. The zero-order valence-corrected chi connectivity index (χ0v) is 15.7. The van der Waals surface area contributed by atoms with Gasteiger partial charge in [-0.25, -0.2) is 0 Å².